The average molecular weight is 440 g/mol. The molecular formula is C25H33N3O2S. The average Bonchev–Trinajstić information content (AvgIpc) is 2.79. The van der Waals surface area contributed by atoms with Gasteiger partial charge in [-0.05, 0) is 61.3 Å². The molecule has 0 bridgehead atoms. The van der Waals surface area contributed by atoms with E-state index in [2.05, 4.69) is 46.7 Å². The number of rotatable bonds is 9. The Kier molecular flexibility index (Phi) is 9.31. The van der Waals surface area contributed by atoms with E-state index in [4.69, 9.17) is 17.0 Å². The van der Waals surface area contributed by atoms with E-state index in [9.17, 15) is 4.79 Å². The Morgan fingerprint density at radius 2 is 1.77 bits per heavy atom. The number of nitrogens with one attached hydrogen (secondary N) is 2. The molecular weight excluding hydrogens is 406 g/mol. The molecule has 1 saturated heterocycles. The third-order valence-electron chi connectivity index (χ3n) is 5.53. The van der Waals surface area contributed by atoms with E-state index >= 15 is 0 Å². The predicted molar refractivity (Wildman–Crippen MR) is 129 cm³/mol. The summed E-state index contributed by atoms with van der Waals surface area (Å²) < 4.78 is 5.70. The molecule has 2 aromatic rings. The lowest BCUT2D eigenvalue weighted by Gasteiger charge is -2.32. The fourth-order valence-electron chi connectivity index (χ4n) is 3.72. The molecule has 0 aliphatic carbocycles. The number of unbranched alkanes of at least 4 members (excludes halogenated alkanes) is 2. The maximum atomic E-state index is 12.5. The lowest BCUT2D eigenvalue weighted by atomic mass is 10.0. The first-order chi connectivity index (χ1) is 15.1. The van der Waals surface area contributed by atoms with E-state index < -0.39 is 0 Å². The third kappa shape index (κ3) is 7.96. The van der Waals surface area contributed by atoms with E-state index in [0.717, 1.165) is 51.1 Å². The molecule has 0 aromatic heterocycles. The highest BCUT2D eigenvalue weighted by Gasteiger charge is 2.20. The second-order valence-electron chi connectivity index (χ2n) is 8.04. The topological polar surface area (TPSA) is 53.6 Å². The molecule has 1 aliphatic rings. The van der Waals surface area contributed by atoms with Crippen molar-refractivity contribution in [3.8, 4) is 5.75 Å². The molecule has 0 spiro atoms. The third-order valence-corrected chi connectivity index (χ3v) is 5.75. The highest BCUT2D eigenvalue weighted by Crippen LogP contribution is 2.15. The van der Waals surface area contributed by atoms with E-state index in [1.807, 2.05) is 18.2 Å². The molecule has 1 aliphatic heterocycles. The van der Waals surface area contributed by atoms with Gasteiger partial charge in [-0.1, -0.05) is 50.1 Å². The lowest BCUT2D eigenvalue weighted by Crippen LogP contribution is -2.48. The van der Waals surface area contributed by atoms with Gasteiger partial charge >= 0.3 is 0 Å². The van der Waals surface area contributed by atoms with Crippen LogP contribution in [0, 0.1) is 0 Å². The number of hydrogen-bond acceptors (Lipinski definition) is 4. The molecule has 3 rings (SSSR count). The monoisotopic (exact) mass is 439 g/mol. The number of benzene rings is 2. The van der Waals surface area contributed by atoms with E-state index in [0.29, 0.717) is 23.3 Å². The minimum atomic E-state index is -0.198. The van der Waals surface area contributed by atoms with Crippen molar-refractivity contribution in [2.75, 3.05) is 19.7 Å². The first-order valence-electron chi connectivity index (χ1n) is 11.2. The van der Waals surface area contributed by atoms with Crippen LogP contribution in [0.5, 0.6) is 5.75 Å². The van der Waals surface area contributed by atoms with Crippen LogP contribution in [0.15, 0.2) is 54.6 Å². The number of carbonyl (C=O) groups excluding carboxylic acids is 1. The number of ether oxygens (including phenoxy) is 1. The molecule has 6 heteroatoms. The zero-order valence-corrected chi connectivity index (χ0v) is 19.1. The summed E-state index contributed by atoms with van der Waals surface area (Å²) in [5, 5.41) is 6.50. The molecule has 1 amide bonds. The molecule has 2 N–H and O–H groups in total. The van der Waals surface area contributed by atoms with Crippen molar-refractivity contribution in [3.05, 3.63) is 65.7 Å². The van der Waals surface area contributed by atoms with Crippen molar-refractivity contribution in [1.82, 2.24) is 15.5 Å². The first-order valence-corrected chi connectivity index (χ1v) is 11.7. The van der Waals surface area contributed by atoms with Gasteiger partial charge in [-0.25, -0.2) is 0 Å². The summed E-state index contributed by atoms with van der Waals surface area (Å²) in [7, 11) is 0. The maximum absolute atomic E-state index is 12.5. The molecule has 0 unspecified atom stereocenters. The number of piperidine rings is 1. The van der Waals surface area contributed by atoms with Crippen molar-refractivity contribution in [2.45, 2.75) is 51.6 Å². The zero-order valence-electron chi connectivity index (χ0n) is 18.3. The largest absolute Gasteiger partial charge is 0.494 e. The fourth-order valence-corrected chi connectivity index (χ4v) is 3.98. The molecule has 1 fully saturated rings. The van der Waals surface area contributed by atoms with Crippen LogP contribution in [0.2, 0.25) is 0 Å². The molecule has 0 atom stereocenters. The van der Waals surface area contributed by atoms with Gasteiger partial charge in [-0.2, -0.15) is 0 Å². The molecule has 166 valence electrons. The Balaban J connectivity index is 1.37. The van der Waals surface area contributed by atoms with Crippen molar-refractivity contribution >= 4 is 23.2 Å². The molecule has 31 heavy (non-hydrogen) atoms. The van der Waals surface area contributed by atoms with Crippen LogP contribution in [-0.2, 0) is 6.54 Å². The molecule has 0 radical (unpaired) electrons. The maximum Gasteiger partial charge on any atom is 0.257 e. The summed E-state index contributed by atoms with van der Waals surface area (Å²) >= 11 is 5.37. The van der Waals surface area contributed by atoms with Gasteiger partial charge in [0.25, 0.3) is 5.91 Å². The van der Waals surface area contributed by atoms with Gasteiger partial charge in [0, 0.05) is 31.2 Å². The summed E-state index contributed by atoms with van der Waals surface area (Å²) in [5.41, 5.74) is 1.91. The van der Waals surface area contributed by atoms with E-state index in [1.165, 1.54) is 12.0 Å². The van der Waals surface area contributed by atoms with E-state index in [-0.39, 0.29) is 5.91 Å². The van der Waals surface area contributed by atoms with E-state index in [1.54, 1.807) is 12.1 Å². The van der Waals surface area contributed by atoms with Gasteiger partial charge in [-0.15, -0.1) is 0 Å². The Hall–Kier alpha value is -2.44. The van der Waals surface area contributed by atoms with Crippen LogP contribution < -0.4 is 15.4 Å². The van der Waals surface area contributed by atoms with Crippen LogP contribution in [0.25, 0.3) is 0 Å². The van der Waals surface area contributed by atoms with Crippen LogP contribution in [0.4, 0.5) is 0 Å². The number of nitrogens with zero attached hydrogens (tertiary/aromatic N) is 1. The van der Waals surface area contributed by atoms with Gasteiger partial charge in [0.15, 0.2) is 5.11 Å². The highest BCUT2D eigenvalue weighted by atomic mass is 32.1. The second-order valence-corrected chi connectivity index (χ2v) is 8.45. The van der Waals surface area contributed by atoms with Crippen molar-refractivity contribution in [3.63, 3.8) is 0 Å². The number of carbonyl (C=O) groups is 1. The number of likely N-dealkylation sites (tertiary alicyclic amines) is 1. The van der Waals surface area contributed by atoms with Crippen LogP contribution in [0.3, 0.4) is 0 Å². The summed E-state index contributed by atoms with van der Waals surface area (Å²) in [5.74, 6) is 0.590. The number of hydrogen-bond donors (Lipinski definition) is 2. The standard InChI is InChI=1S/C25H33N3O2S/c1-2-3-7-18-30-23-12-10-21(11-13-23)24(29)27-25(31)26-22-14-16-28(17-15-22)19-20-8-5-4-6-9-20/h4-6,8-13,22H,2-3,7,14-19H2,1H3,(H2,26,27,29,31). The normalized spacial score (nSPS) is 14.7. The van der Waals surface area contributed by atoms with Gasteiger partial charge < -0.3 is 10.1 Å². The predicted octanol–water partition coefficient (Wildman–Crippen LogP) is 4.52. The molecule has 0 saturated carbocycles. The fraction of sp³-hybridized carbons (Fsp3) is 0.440. The zero-order chi connectivity index (χ0) is 21.9. The molecule has 5 nitrogen and oxygen atoms in total. The quantitative estimate of drug-likeness (QED) is 0.444. The molecule has 2 aromatic carbocycles. The smallest absolute Gasteiger partial charge is 0.257 e. The Morgan fingerprint density at radius 1 is 1.06 bits per heavy atom. The van der Waals surface area contributed by atoms with Crippen LogP contribution >= 0.6 is 12.2 Å². The first kappa shape index (κ1) is 23.2. The Morgan fingerprint density at radius 3 is 2.45 bits per heavy atom. The van der Waals surface area contributed by atoms with Gasteiger partial charge in [0.05, 0.1) is 6.61 Å². The molecule has 1 heterocycles. The minimum Gasteiger partial charge on any atom is -0.494 e. The number of amides is 1. The van der Waals surface area contributed by atoms with Crippen LogP contribution in [0.1, 0.15) is 54.9 Å². The van der Waals surface area contributed by atoms with Crippen LogP contribution in [-0.4, -0.2) is 41.7 Å². The highest BCUT2D eigenvalue weighted by molar-refractivity contribution is 7.80. The van der Waals surface area contributed by atoms with Gasteiger partial charge in [0.2, 0.25) is 0 Å². The van der Waals surface area contributed by atoms with Crippen molar-refractivity contribution in [2.24, 2.45) is 0 Å². The van der Waals surface area contributed by atoms with Crippen molar-refractivity contribution < 1.29 is 9.53 Å². The van der Waals surface area contributed by atoms with Gasteiger partial charge in [-0.3, -0.25) is 15.0 Å². The summed E-state index contributed by atoms with van der Waals surface area (Å²) in [6, 6.07) is 18.0. The van der Waals surface area contributed by atoms with Gasteiger partial charge in [0.1, 0.15) is 5.75 Å². The summed E-state index contributed by atoms with van der Waals surface area (Å²) in [4.78, 5) is 14.9. The SMILES string of the molecule is CCCCCOc1ccc(C(=O)NC(=S)NC2CCN(Cc3ccccc3)CC2)cc1. The second kappa shape index (κ2) is 12.4. The summed E-state index contributed by atoms with van der Waals surface area (Å²) in [6.07, 6.45) is 5.39. The minimum absolute atomic E-state index is 0.198. The lowest BCUT2D eigenvalue weighted by molar-refractivity contribution is 0.0976. The van der Waals surface area contributed by atoms with Crippen molar-refractivity contribution in [1.29, 1.82) is 0 Å². The Labute approximate surface area is 191 Å². The number of thiocarbonyl (C=S) groups is 1. The summed E-state index contributed by atoms with van der Waals surface area (Å²) in [6.45, 7) is 5.89. The Bertz CT molecular complexity index is 818.